The van der Waals surface area contributed by atoms with Gasteiger partial charge in [-0.25, -0.2) is 0 Å². The molecule has 0 rings (SSSR count). The van der Waals surface area contributed by atoms with Gasteiger partial charge in [-0.15, -0.1) is 0 Å². The molecular formula is C18H34O2. The lowest BCUT2D eigenvalue weighted by Crippen LogP contribution is -1.82. The van der Waals surface area contributed by atoms with Gasteiger partial charge in [-0.05, 0) is 46.1 Å². The number of allylic oxidation sites excluding steroid dienone is 4. The molecule has 0 aliphatic carbocycles. The van der Waals surface area contributed by atoms with Crippen LogP contribution in [-0.2, 0) is 4.79 Å². The molecule has 0 saturated carbocycles. The van der Waals surface area contributed by atoms with Crippen molar-refractivity contribution in [3.05, 3.63) is 23.3 Å². The van der Waals surface area contributed by atoms with Crippen LogP contribution < -0.4 is 0 Å². The van der Waals surface area contributed by atoms with E-state index in [1.807, 2.05) is 6.92 Å². The fraction of sp³-hybridized carbons (Fsp3) is 0.722. The van der Waals surface area contributed by atoms with Gasteiger partial charge in [0.2, 0.25) is 0 Å². The van der Waals surface area contributed by atoms with Gasteiger partial charge in [0, 0.05) is 6.61 Å². The summed E-state index contributed by atoms with van der Waals surface area (Å²) < 4.78 is 0. The van der Waals surface area contributed by atoms with Crippen LogP contribution in [-0.4, -0.2) is 18.0 Å². The van der Waals surface area contributed by atoms with Gasteiger partial charge in [-0.2, -0.15) is 0 Å². The highest BCUT2D eigenvalue weighted by Crippen LogP contribution is 2.05. The zero-order valence-electron chi connectivity index (χ0n) is 14.0. The number of aldehydes is 1. The van der Waals surface area contributed by atoms with Crippen molar-refractivity contribution >= 4 is 6.29 Å². The van der Waals surface area contributed by atoms with Gasteiger partial charge in [0.05, 0.1) is 0 Å². The van der Waals surface area contributed by atoms with Gasteiger partial charge in [0.15, 0.2) is 0 Å². The number of hydrogen-bond acceptors (Lipinski definition) is 2. The van der Waals surface area contributed by atoms with Crippen LogP contribution in [0.3, 0.4) is 0 Å². The molecular weight excluding hydrogens is 248 g/mol. The van der Waals surface area contributed by atoms with Crippen molar-refractivity contribution in [3.63, 3.8) is 0 Å². The summed E-state index contributed by atoms with van der Waals surface area (Å²) in [6.45, 7) is 8.73. The van der Waals surface area contributed by atoms with E-state index in [0.717, 1.165) is 31.1 Å². The number of carbonyl (C=O) groups excluding carboxylic acids is 1. The topological polar surface area (TPSA) is 37.3 Å². The molecule has 2 nitrogen and oxygen atoms in total. The zero-order valence-corrected chi connectivity index (χ0v) is 14.0. The number of rotatable bonds is 10. The summed E-state index contributed by atoms with van der Waals surface area (Å²) in [6, 6.07) is 0. The average molecular weight is 282 g/mol. The molecule has 0 radical (unpaired) electrons. The van der Waals surface area contributed by atoms with Crippen LogP contribution in [0.15, 0.2) is 23.3 Å². The summed E-state index contributed by atoms with van der Waals surface area (Å²) in [7, 11) is 0. The zero-order chi connectivity index (χ0) is 15.6. The van der Waals surface area contributed by atoms with Crippen LogP contribution in [0.5, 0.6) is 0 Å². The number of hydrogen-bond donors (Lipinski definition) is 1. The molecule has 0 saturated heterocycles. The maximum Gasteiger partial charge on any atom is 0.142 e. The summed E-state index contributed by atoms with van der Waals surface area (Å²) >= 11 is 0. The number of aliphatic hydroxyl groups excluding tert-OH is 1. The molecule has 0 aromatic heterocycles. The second kappa shape index (κ2) is 18.1. The summed E-state index contributed by atoms with van der Waals surface area (Å²) in [6.07, 6.45) is 14.2. The first-order valence-corrected chi connectivity index (χ1v) is 7.93. The van der Waals surface area contributed by atoms with E-state index in [9.17, 15) is 4.79 Å². The smallest absolute Gasteiger partial charge is 0.142 e. The minimum absolute atomic E-state index is 0.367. The molecule has 0 heterocycles. The first kappa shape index (κ1) is 21.4. The Morgan fingerprint density at radius 2 is 1.60 bits per heavy atom. The van der Waals surface area contributed by atoms with E-state index in [2.05, 4.69) is 26.8 Å². The van der Waals surface area contributed by atoms with E-state index < -0.39 is 0 Å². The van der Waals surface area contributed by atoms with E-state index in [-0.39, 0.29) is 0 Å². The summed E-state index contributed by atoms with van der Waals surface area (Å²) in [5, 5.41) is 8.42. The Bertz CT molecular complexity index is 255. The molecule has 0 aliphatic heterocycles. The van der Waals surface area contributed by atoms with E-state index >= 15 is 0 Å². The van der Waals surface area contributed by atoms with Crippen LogP contribution in [0.2, 0.25) is 0 Å². The Morgan fingerprint density at radius 1 is 1.00 bits per heavy atom. The maximum absolute atomic E-state index is 10.0. The highest BCUT2D eigenvalue weighted by atomic mass is 16.2. The van der Waals surface area contributed by atoms with Crippen molar-refractivity contribution in [2.24, 2.45) is 0 Å². The standard InChI is InChI=1S/C10H16O.C8H18O/c1-9(2)5-4-6-10(3)7-8-11;1-2-3-4-5-6-7-8-9/h5,7-8H,4,6H2,1-3H3;9H,2-8H2,1H3. The predicted molar refractivity (Wildman–Crippen MR) is 88.9 cm³/mol. The average Bonchev–Trinajstić information content (AvgIpc) is 2.39. The summed E-state index contributed by atoms with van der Waals surface area (Å²) in [5.41, 5.74) is 2.49. The monoisotopic (exact) mass is 282 g/mol. The van der Waals surface area contributed by atoms with Crippen molar-refractivity contribution in [2.45, 2.75) is 79.1 Å². The van der Waals surface area contributed by atoms with E-state index in [0.29, 0.717) is 6.61 Å². The van der Waals surface area contributed by atoms with Gasteiger partial charge in [0.1, 0.15) is 6.29 Å². The van der Waals surface area contributed by atoms with Crippen molar-refractivity contribution in [1.82, 2.24) is 0 Å². The summed E-state index contributed by atoms with van der Waals surface area (Å²) in [4.78, 5) is 10.0. The highest BCUT2D eigenvalue weighted by Gasteiger charge is 1.87. The molecule has 0 aliphatic rings. The van der Waals surface area contributed by atoms with Crippen LogP contribution in [0, 0.1) is 0 Å². The quantitative estimate of drug-likeness (QED) is 0.258. The molecule has 118 valence electrons. The molecule has 0 spiro atoms. The lowest BCUT2D eigenvalue weighted by Gasteiger charge is -1.95. The number of carbonyl (C=O) groups is 1. The first-order valence-electron chi connectivity index (χ1n) is 7.93. The Labute approximate surface area is 126 Å². The number of aliphatic hydroxyl groups is 1. The van der Waals surface area contributed by atoms with Gasteiger partial charge in [-0.1, -0.05) is 56.3 Å². The molecule has 0 aromatic rings. The largest absolute Gasteiger partial charge is 0.396 e. The molecule has 0 bridgehead atoms. The normalized spacial score (nSPS) is 10.6. The lowest BCUT2D eigenvalue weighted by atomic mass is 10.1. The minimum atomic E-state index is 0.367. The van der Waals surface area contributed by atoms with E-state index in [1.165, 1.54) is 37.7 Å². The fourth-order valence-corrected chi connectivity index (χ4v) is 1.68. The highest BCUT2D eigenvalue weighted by molar-refractivity contribution is 5.65. The Kier molecular flexibility index (Phi) is 19.4. The van der Waals surface area contributed by atoms with Gasteiger partial charge >= 0.3 is 0 Å². The molecule has 0 amide bonds. The van der Waals surface area contributed by atoms with Crippen molar-refractivity contribution in [2.75, 3.05) is 6.61 Å². The Hall–Kier alpha value is -0.890. The maximum atomic E-state index is 10.0. The van der Waals surface area contributed by atoms with Gasteiger partial charge < -0.3 is 5.11 Å². The lowest BCUT2D eigenvalue weighted by molar-refractivity contribution is -0.104. The van der Waals surface area contributed by atoms with Crippen LogP contribution in [0.1, 0.15) is 79.1 Å². The predicted octanol–water partition coefficient (Wildman–Crippen LogP) is 5.22. The van der Waals surface area contributed by atoms with Crippen LogP contribution >= 0.6 is 0 Å². The van der Waals surface area contributed by atoms with Crippen molar-refractivity contribution < 1.29 is 9.90 Å². The van der Waals surface area contributed by atoms with Crippen LogP contribution in [0.4, 0.5) is 0 Å². The number of unbranched alkanes of at least 4 members (excludes halogenated alkanes) is 5. The van der Waals surface area contributed by atoms with Crippen molar-refractivity contribution in [3.8, 4) is 0 Å². The molecule has 0 unspecified atom stereocenters. The Balaban J connectivity index is 0. The van der Waals surface area contributed by atoms with E-state index in [1.54, 1.807) is 6.08 Å². The second-order valence-corrected chi connectivity index (χ2v) is 5.46. The minimum Gasteiger partial charge on any atom is -0.396 e. The van der Waals surface area contributed by atoms with Gasteiger partial charge in [0.25, 0.3) is 0 Å². The van der Waals surface area contributed by atoms with E-state index in [4.69, 9.17) is 5.11 Å². The fourth-order valence-electron chi connectivity index (χ4n) is 1.68. The molecule has 0 aromatic carbocycles. The van der Waals surface area contributed by atoms with Crippen LogP contribution in [0.25, 0.3) is 0 Å². The third-order valence-corrected chi connectivity index (χ3v) is 2.96. The third-order valence-electron chi connectivity index (χ3n) is 2.96. The van der Waals surface area contributed by atoms with Crippen molar-refractivity contribution in [1.29, 1.82) is 0 Å². The molecule has 20 heavy (non-hydrogen) atoms. The third kappa shape index (κ3) is 22.3. The van der Waals surface area contributed by atoms with Gasteiger partial charge in [-0.3, -0.25) is 4.79 Å². The summed E-state index contributed by atoms with van der Waals surface area (Å²) in [5.74, 6) is 0. The molecule has 1 N–H and O–H groups in total. The SMILES string of the molecule is CC(C)=CCCC(C)=CC=O.CCCCCCCCO. The second-order valence-electron chi connectivity index (χ2n) is 5.46. The first-order chi connectivity index (χ1) is 9.58. The molecule has 0 fully saturated rings. The Morgan fingerprint density at radius 3 is 2.10 bits per heavy atom. The molecule has 2 heteroatoms. The molecule has 0 atom stereocenters.